The largest absolute Gasteiger partial charge is 0.331 e. The van der Waals surface area contributed by atoms with E-state index in [1.54, 1.807) is 0 Å². The van der Waals surface area contributed by atoms with Crippen LogP contribution in [0.15, 0.2) is 17.5 Å². The summed E-state index contributed by atoms with van der Waals surface area (Å²) in [5, 5.41) is 4.15. The van der Waals surface area contributed by atoms with Gasteiger partial charge in [-0.05, 0) is 24.3 Å². The summed E-state index contributed by atoms with van der Waals surface area (Å²) in [4.78, 5) is 37.4. The maximum Gasteiger partial charge on any atom is 0.331 e. The van der Waals surface area contributed by atoms with Crippen LogP contribution in [0.5, 0.6) is 0 Å². The SMILES string of the molecule is O=C1NC(=O)C2(CC2)C(=O)N1Cc1cccs1. The fourth-order valence-electron chi connectivity index (χ4n) is 2.00. The van der Waals surface area contributed by atoms with Crippen LogP contribution in [0, 0.1) is 5.41 Å². The average molecular weight is 250 g/mol. The number of hydrogen-bond acceptors (Lipinski definition) is 4. The molecule has 1 aromatic rings. The number of imide groups is 2. The molecule has 2 aliphatic rings. The van der Waals surface area contributed by atoms with Gasteiger partial charge in [0.25, 0.3) is 0 Å². The van der Waals surface area contributed by atoms with Crippen molar-refractivity contribution in [3.63, 3.8) is 0 Å². The van der Waals surface area contributed by atoms with Gasteiger partial charge in [-0.3, -0.25) is 19.8 Å². The summed E-state index contributed by atoms with van der Waals surface area (Å²) < 4.78 is 0. The first-order valence-electron chi connectivity index (χ1n) is 5.33. The van der Waals surface area contributed by atoms with Gasteiger partial charge in [0, 0.05) is 4.88 Å². The molecule has 2 fully saturated rings. The van der Waals surface area contributed by atoms with Crippen LogP contribution < -0.4 is 5.32 Å². The summed E-state index contributed by atoms with van der Waals surface area (Å²) in [6.45, 7) is 0.247. The van der Waals surface area contributed by atoms with E-state index in [1.165, 1.54) is 11.3 Å². The van der Waals surface area contributed by atoms with Crippen LogP contribution in [0.3, 0.4) is 0 Å². The van der Waals surface area contributed by atoms with Gasteiger partial charge < -0.3 is 0 Å². The summed E-state index contributed by atoms with van der Waals surface area (Å²) in [5.74, 6) is -0.783. The maximum absolute atomic E-state index is 12.1. The van der Waals surface area contributed by atoms with Gasteiger partial charge in [-0.15, -0.1) is 11.3 Å². The normalized spacial score (nSPS) is 21.9. The van der Waals surface area contributed by atoms with Crippen molar-refractivity contribution in [2.45, 2.75) is 19.4 Å². The van der Waals surface area contributed by atoms with Crippen molar-refractivity contribution in [1.29, 1.82) is 0 Å². The highest BCUT2D eigenvalue weighted by Crippen LogP contribution is 2.49. The lowest BCUT2D eigenvalue weighted by Crippen LogP contribution is -2.58. The molecule has 0 unspecified atom stereocenters. The van der Waals surface area contributed by atoms with Crippen LogP contribution in [0.1, 0.15) is 17.7 Å². The molecule has 1 saturated heterocycles. The summed E-state index contributed by atoms with van der Waals surface area (Å²) in [6.07, 6.45) is 1.10. The Morgan fingerprint density at radius 3 is 2.71 bits per heavy atom. The van der Waals surface area contributed by atoms with Gasteiger partial charge >= 0.3 is 6.03 Å². The van der Waals surface area contributed by atoms with Crippen molar-refractivity contribution in [3.05, 3.63) is 22.4 Å². The predicted octanol–water partition coefficient (Wildman–Crippen LogP) is 1.11. The molecule has 1 saturated carbocycles. The van der Waals surface area contributed by atoms with E-state index in [4.69, 9.17) is 0 Å². The predicted molar refractivity (Wildman–Crippen MR) is 60.1 cm³/mol. The quantitative estimate of drug-likeness (QED) is 0.799. The Kier molecular flexibility index (Phi) is 2.09. The molecule has 1 aromatic heterocycles. The number of amides is 4. The molecule has 5 nitrogen and oxygen atoms in total. The minimum absolute atomic E-state index is 0.247. The molecule has 2 heterocycles. The van der Waals surface area contributed by atoms with E-state index in [0.717, 1.165) is 9.78 Å². The van der Waals surface area contributed by atoms with E-state index in [-0.39, 0.29) is 12.5 Å². The minimum atomic E-state index is -0.939. The molecule has 4 amide bonds. The van der Waals surface area contributed by atoms with Crippen molar-refractivity contribution < 1.29 is 14.4 Å². The fourth-order valence-corrected chi connectivity index (χ4v) is 2.69. The van der Waals surface area contributed by atoms with Crippen LogP contribution in [-0.4, -0.2) is 22.7 Å². The zero-order valence-corrected chi connectivity index (χ0v) is 9.75. The molecule has 1 N–H and O–H groups in total. The summed E-state index contributed by atoms with van der Waals surface area (Å²) in [5.41, 5.74) is -0.939. The lowest BCUT2D eigenvalue weighted by molar-refractivity contribution is -0.145. The van der Waals surface area contributed by atoms with Crippen molar-refractivity contribution in [1.82, 2.24) is 10.2 Å². The molecule has 1 aliphatic heterocycles. The molecular formula is C11H10N2O3S. The highest BCUT2D eigenvalue weighted by atomic mass is 32.1. The topological polar surface area (TPSA) is 66.5 Å². The summed E-state index contributed by atoms with van der Waals surface area (Å²) >= 11 is 1.48. The van der Waals surface area contributed by atoms with E-state index in [9.17, 15) is 14.4 Å². The molecule has 1 spiro atoms. The van der Waals surface area contributed by atoms with E-state index in [1.807, 2.05) is 17.5 Å². The Labute approximate surface area is 101 Å². The van der Waals surface area contributed by atoms with Crippen LogP contribution in [0.4, 0.5) is 4.79 Å². The van der Waals surface area contributed by atoms with Gasteiger partial charge in [0.05, 0.1) is 6.54 Å². The second-order valence-electron chi connectivity index (χ2n) is 4.31. The average Bonchev–Trinajstić information content (AvgIpc) is 2.95. The van der Waals surface area contributed by atoms with E-state index in [2.05, 4.69) is 5.32 Å². The molecule has 0 atom stereocenters. The van der Waals surface area contributed by atoms with Crippen molar-refractivity contribution >= 4 is 29.2 Å². The van der Waals surface area contributed by atoms with Gasteiger partial charge in [-0.1, -0.05) is 6.07 Å². The molecule has 1 aliphatic carbocycles. The number of carbonyl (C=O) groups is 3. The highest BCUT2D eigenvalue weighted by Gasteiger charge is 2.62. The molecule has 88 valence electrons. The van der Waals surface area contributed by atoms with Crippen LogP contribution in [0.25, 0.3) is 0 Å². The summed E-state index contributed by atoms with van der Waals surface area (Å²) in [7, 11) is 0. The fraction of sp³-hybridized carbons (Fsp3) is 0.364. The number of nitrogens with one attached hydrogen (secondary N) is 1. The van der Waals surface area contributed by atoms with Gasteiger partial charge in [-0.25, -0.2) is 4.79 Å². The first kappa shape index (κ1) is 10.5. The number of thiophene rings is 1. The highest BCUT2D eigenvalue weighted by molar-refractivity contribution is 7.09. The Balaban J connectivity index is 1.86. The maximum atomic E-state index is 12.1. The first-order chi connectivity index (χ1) is 8.13. The van der Waals surface area contributed by atoms with Crippen LogP contribution in [-0.2, 0) is 16.1 Å². The lowest BCUT2D eigenvalue weighted by Gasteiger charge is -2.29. The smallest absolute Gasteiger partial charge is 0.277 e. The first-order valence-corrected chi connectivity index (χ1v) is 6.21. The van der Waals surface area contributed by atoms with Crippen molar-refractivity contribution in [2.24, 2.45) is 5.41 Å². The third kappa shape index (κ3) is 1.48. The minimum Gasteiger partial charge on any atom is -0.277 e. The molecular weight excluding hydrogens is 240 g/mol. The standard InChI is InChI=1S/C11H10N2O3S/c14-8-11(3-4-11)9(15)13(10(16)12-8)6-7-2-1-5-17-7/h1-2,5H,3-4,6H2,(H,12,14,16). The molecule has 6 heteroatoms. The zero-order valence-electron chi connectivity index (χ0n) is 8.93. The van der Waals surface area contributed by atoms with Gasteiger partial charge in [-0.2, -0.15) is 0 Å². The molecule has 0 radical (unpaired) electrons. The molecule has 17 heavy (non-hydrogen) atoms. The van der Waals surface area contributed by atoms with Crippen molar-refractivity contribution in [2.75, 3.05) is 0 Å². The number of rotatable bonds is 2. The van der Waals surface area contributed by atoms with Crippen LogP contribution in [0.2, 0.25) is 0 Å². The van der Waals surface area contributed by atoms with E-state index < -0.39 is 17.4 Å². The second kappa shape index (κ2) is 3.40. The third-order valence-electron chi connectivity index (χ3n) is 3.20. The number of nitrogens with zero attached hydrogens (tertiary/aromatic N) is 1. The number of hydrogen-bond donors (Lipinski definition) is 1. The van der Waals surface area contributed by atoms with E-state index in [0.29, 0.717) is 12.8 Å². The number of barbiturate groups is 1. The Bertz CT molecular complexity index is 505. The zero-order chi connectivity index (χ0) is 12.0. The number of urea groups is 1. The van der Waals surface area contributed by atoms with Crippen molar-refractivity contribution in [3.8, 4) is 0 Å². The Hall–Kier alpha value is -1.69. The number of carbonyl (C=O) groups excluding carboxylic acids is 3. The Morgan fingerprint density at radius 2 is 2.12 bits per heavy atom. The molecule has 0 aromatic carbocycles. The van der Waals surface area contributed by atoms with Gasteiger partial charge in [0.2, 0.25) is 11.8 Å². The van der Waals surface area contributed by atoms with Gasteiger partial charge in [0.1, 0.15) is 5.41 Å². The molecule has 0 bridgehead atoms. The van der Waals surface area contributed by atoms with Crippen LogP contribution >= 0.6 is 11.3 Å². The van der Waals surface area contributed by atoms with Gasteiger partial charge in [0.15, 0.2) is 0 Å². The monoisotopic (exact) mass is 250 g/mol. The third-order valence-corrected chi connectivity index (χ3v) is 4.06. The van der Waals surface area contributed by atoms with E-state index >= 15 is 0 Å². The lowest BCUT2D eigenvalue weighted by atomic mass is 10.0. The Morgan fingerprint density at radius 1 is 1.35 bits per heavy atom. The molecule has 3 rings (SSSR count). The summed E-state index contributed by atoms with van der Waals surface area (Å²) in [6, 6.07) is 3.12. The second-order valence-corrected chi connectivity index (χ2v) is 5.34.